The van der Waals surface area contributed by atoms with Crippen molar-refractivity contribution in [1.29, 1.82) is 0 Å². The lowest BCUT2D eigenvalue weighted by atomic mass is 9.82. The normalized spacial score (nSPS) is 15.0. The molecule has 0 saturated heterocycles. The molecule has 3 heterocycles. The molecule has 442 valence electrons. The molecule has 0 amide bonds. The maximum Gasteiger partial charge on any atom is 0.164 e. The SMILES string of the molecule is C1=Cc2c(c3ccccc3c3cc(-c4cc5c(c(-c6ccc7c8ccccc8c8ccccc8c7c6)c4)NC(c4ccc(-c6nc(-c7ccccc7)nc(-c7ccccc7)n6)cc4)N=C5C4C=CC(c5nc(-c6ccccc6)nc(-c6ccccc6)n5)=CC4)ccc23)CC1. The van der Waals surface area contributed by atoms with E-state index in [4.69, 9.17) is 34.9 Å². The van der Waals surface area contributed by atoms with E-state index < -0.39 is 6.17 Å². The summed E-state index contributed by atoms with van der Waals surface area (Å²) < 4.78 is 0. The van der Waals surface area contributed by atoms with Crippen molar-refractivity contribution in [3.05, 3.63) is 319 Å². The minimum Gasteiger partial charge on any atom is -0.359 e. The van der Waals surface area contributed by atoms with Gasteiger partial charge in [0.2, 0.25) is 0 Å². The van der Waals surface area contributed by atoms with E-state index in [-0.39, 0.29) is 5.92 Å². The number of nitrogens with zero attached hydrogens (tertiary/aromatic N) is 7. The zero-order valence-corrected chi connectivity index (χ0v) is 51.2. The Bertz CT molecular complexity index is 5510. The van der Waals surface area contributed by atoms with Gasteiger partial charge in [-0.3, -0.25) is 4.99 Å². The Morgan fingerprint density at radius 2 is 0.755 bits per heavy atom. The molecule has 1 N–H and O–H groups in total. The van der Waals surface area contributed by atoms with E-state index in [9.17, 15) is 0 Å². The summed E-state index contributed by atoms with van der Waals surface area (Å²) in [4.78, 5) is 36.4. The highest BCUT2D eigenvalue weighted by Gasteiger charge is 2.31. The van der Waals surface area contributed by atoms with Crippen LogP contribution >= 0.6 is 0 Å². The molecule has 0 saturated carbocycles. The summed E-state index contributed by atoms with van der Waals surface area (Å²) >= 11 is 0. The van der Waals surface area contributed by atoms with E-state index in [1.54, 1.807) is 0 Å². The number of anilines is 1. The van der Waals surface area contributed by atoms with Crippen LogP contribution in [0.3, 0.4) is 0 Å². The molecule has 0 radical (unpaired) electrons. The van der Waals surface area contributed by atoms with Crippen molar-refractivity contribution < 1.29 is 0 Å². The first kappa shape index (κ1) is 54.8. The Balaban J connectivity index is 0.823. The van der Waals surface area contributed by atoms with Gasteiger partial charge in [0.05, 0.1) is 11.4 Å². The van der Waals surface area contributed by atoms with Crippen molar-refractivity contribution in [2.45, 2.75) is 25.4 Å². The topological polar surface area (TPSA) is 102 Å². The molecular weight excluding hydrogens is 1150 g/mol. The highest BCUT2D eigenvalue weighted by atomic mass is 15.1. The smallest absolute Gasteiger partial charge is 0.164 e. The van der Waals surface area contributed by atoms with Crippen molar-refractivity contribution in [1.82, 2.24) is 29.9 Å². The molecule has 0 fully saturated rings. The van der Waals surface area contributed by atoms with E-state index in [1.807, 2.05) is 97.1 Å². The van der Waals surface area contributed by atoms with Crippen LogP contribution < -0.4 is 5.32 Å². The lowest BCUT2D eigenvalue weighted by Crippen LogP contribution is -2.26. The molecule has 15 aromatic rings. The number of hydrogen-bond acceptors (Lipinski definition) is 8. The number of hydrogen-bond donors (Lipinski definition) is 1. The Kier molecular flexibility index (Phi) is 13.4. The number of aromatic nitrogens is 6. The largest absolute Gasteiger partial charge is 0.359 e. The van der Waals surface area contributed by atoms with Gasteiger partial charge in [-0.2, -0.15) is 0 Å². The maximum atomic E-state index is 5.90. The highest BCUT2D eigenvalue weighted by Crippen LogP contribution is 2.47. The van der Waals surface area contributed by atoms with Gasteiger partial charge >= 0.3 is 0 Å². The van der Waals surface area contributed by atoms with Crippen LogP contribution in [0.1, 0.15) is 47.1 Å². The van der Waals surface area contributed by atoms with Gasteiger partial charge in [0.15, 0.2) is 34.9 Å². The number of aryl methyl sites for hydroxylation is 1. The number of allylic oxidation sites excluding steroid dienone is 5. The molecule has 3 aliphatic rings. The monoisotopic (exact) mass is 1200 g/mol. The van der Waals surface area contributed by atoms with E-state index in [1.165, 1.54) is 65.0 Å². The molecule has 8 heteroatoms. The second-order valence-corrected chi connectivity index (χ2v) is 24.6. The molecule has 2 unspecified atom stereocenters. The summed E-state index contributed by atoms with van der Waals surface area (Å²) in [5, 5.41) is 16.6. The van der Waals surface area contributed by atoms with Crippen LogP contribution in [-0.4, -0.2) is 35.6 Å². The molecule has 94 heavy (non-hydrogen) atoms. The molecule has 2 aliphatic carbocycles. The first-order chi connectivity index (χ1) is 46.6. The van der Waals surface area contributed by atoms with E-state index in [0.29, 0.717) is 41.4 Å². The molecule has 8 nitrogen and oxygen atoms in total. The molecular formula is C86H58N8. The summed E-state index contributed by atoms with van der Waals surface area (Å²) in [6.07, 6.45) is 13.7. The first-order valence-corrected chi connectivity index (χ1v) is 32.3. The van der Waals surface area contributed by atoms with Crippen LogP contribution in [0.4, 0.5) is 5.69 Å². The minimum atomic E-state index is -0.472. The summed E-state index contributed by atoms with van der Waals surface area (Å²) in [5.41, 5.74) is 16.8. The fourth-order valence-corrected chi connectivity index (χ4v) is 14.3. The second kappa shape index (κ2) is 23.0. The lowest BCUT2D eigenvalue weighted by molar-refractivity contribution is 0.785. The quantitative estimate of drug-likeness (QED) is 0.136. The fraction of sp³-hybridized carbons (Fsp3) is 0.0581. The molecule has 1 aliphatic heterocycles. The third-order valence-electron chi connectivity index (χ3n) is 19.0. The van der Waals surface area contributed by atoms with Gasteiger partial charge in [0.25, 0.3) is 0 Å². The minimum absolute atomic E-state index is 0.123. The predicted octanol–water partition coefficient (Wildman–Crippen LogP) is 21.0. The second-order valence-electron chi connectivity index (χ2n) is 24.6. The summed E-state index contributed by atoms with van der Waals surface area (Å²) in [6.45, 7) is 0. The van der Waals surface area contributed by atoms with Gasteiger partial charge in [0.1, 0.15) is 6.17 Å². The zero-order chi connectivity index (χ0) is 62.1. The third-order valence-corrected chi connectivity index (χ3v) is 19.0. The molecule has 13 aromatic carbocycles. The van der Waals surface area contributed by atoms with Crippen molar-refractivity contribution in [2.24, 2.45) is 10.9 Å². The van der Waals surface area contributed by atoms with Gasteiger partial charge in [-0.25, -0.2) is 29.9 Å². The van der Waals surface area contributed by atoms with Crippen molar-refractivity contribution in [3.63, 3.8) is 0 Å². The lowest BCUT2D eigenvalue weighted by Gasteiger charge is -2.32. The van der Waals surface area contributed by atoms with Crippen LogP contribution in [-0.2, 0) is 6.42 Å². The van der Waals surface area contributed by atoms with Crippen LogP contribution in [0.5, 0.6) is 0 Å². The van der Waals surface area contributed by atoms with Crippen LogP contribution in [0.15, 0.2) is 296 Å². The Labute approximate surface area is 543 Å². The van der Waals surface area contributed by atoms with Gasteiger partial charge in [0, 0.05) is 50.4 Å². The number of fused-ring (bicyclic) bond motifs is 13. The Morgan fingerprint density at radius 3 is 1.30 bits per heavy atom. The average molecular weight is 1200 g/mol. The van der Waals surface area contributed by atoms with Crippen LogP contribution in [0.2, 0.25) is 0 Å². The zero-order valence-electron chi connectivity index (χ0n) is 51.2. The highest BCUT2D eigenvalue weighted by molar-refractivity contribution is 6.26. The maximum absolute atomic E-state index is 5.90. The molecule has 2 aromatic heterocycles. The van der Waals surface area contributed by atoms with E-state index in [0.717, 1.165) is 91.0 Å². The fourth-order valence-electron chi connectivity index (χ4n) is 14.3. The first-order valence-electron chi connectivity index (χ1n) is 32.3. The van der Waals surface area contributed by atoms with Gasteiger partial charge < -0.3 is 5.32 Å². The van der Waals surface area contributed by atoms with Gasteiger partial charge in [-0.05, 0) is 131 Å². The summed E-state index contributed by atoms with van der Waals surface area (Å²) in [7, 11) is 0. The predicted molar refractivity (Wildman–Crippen MR) is 387 cm³/mol. The van der Waals surface area contributed by atoms with Crippen molar-refractivity contribution in [2.75, 3.05) is 5.32 Å². The number of rotatable bonds is 10. The van der Waals surface area contributed by atoms with Crippen LogP contribution in [0.25, 0.3) is 145 Å². The molecule has 0 spiro atoms. The van der Waals surface area contributed by atoms with Crippen molar-refractivity contribution >= 4 is 76.9 Å². The standard InChI is InChI=1S/C86H58N8/c1-5-21-54(22-6-1)81-89-82(55-23-7-2-8-24-55)92-85(91-81)59-39-37-53(38-40-59)78-77-52-63(61-45-47-72-68-33-15-13-29-64(68)66-31-17-19-35-70(66)75(72)49-61)51-74(62-46-48-73-69-34-16-14-30-65(69)67-32-18-20-36-71(67)76(73)50-62)79(77)88-80(87-78)58-41-43-60(44-42-58)86-93-83(56-25-9-3-10-26-56)90-84(94-86)57-27-11-4-12-28-57/h1-12,14-28,30-37,39-53,80,88H,13,29,38H2. The number of benzene rings is 13. The van der Waals surface area contributed by atoms with Gasteiger partial charge in [-0.15, -0.1) is 0 Å². The Morgan fingerprint density at radius 1 is 0.330 bits per heavy atom. The molecule has 18 rings (SSSR count). The molecule has 0 bridgehead atoms. The Hall–Kier alpha value is -12.1. The van der Waals surface area contributed by atoms with E-state index in [2.05, 4.69) is 206 Å². The summed E-state index contributed by atoms with van der Waals surface area (Å²) in [6, 6.07) is 94.8. The molecule has 2 atom stereocenters. The number of aliphatic imine (C=N–C) groups is 1. The van der Waals surface area contributed by atoms with Crippen LogP contribution in [0, 0.1) is 5.92 Å². The average Bonchev–Trinajstić information content (AvgIpc) is 0.750. The number of nitrogens with one attached hydrogen (secondary N) is 1. The van der Waals surface area contributed by atoms with E-state index >= 15 is 0 Å². The summed E-state index contributed by atoms with van der Waals surface area (Å²) in [5.74, 6) is 3.58. The van der Waals surface area contributed by atoms with Crippen molar-refractivity contribution in [3.8, 4) is 79.2 Å². The third kappa shape index (κ3) is 9.74. The van der Waals surface area contributed by atoms with Gasteiger partial charge in [-0.1, -0.05) is 273 Å².